The summed E-state index contributed by atoms with van der Waals surface area (Å²) in [5.74, 6) is -15.2. The van der Waals surface area contributed by atoms with Gasteiger partial charge in [0.25, 0.3) is 0 Å². The summed E-state index contributed by atoms with van der Waals surface area (Å²) < 4.78 is 0. The molecular weight excluding hydrogens is 452 g/mol. The van der Waals surface area contributed by atoms with Gasteiger partial charge in [0.2, 0.25) is 5.91 Å². The quantitative estimate of drug-likeness (QED) is 0.235. The van der Waals surface area contributed by atoms with E-state index in [1.807, 2.05) is 0 Å². The molecule has 34 heavy (non-hydrogen) atoms. The van der Waals surface area contributed by atoms with Crippen molar-refractivity contribution in [3.8, 4) is 5.75 Å². The number of fused-ring (bicyclic) bond motifs is 3. The molecule has 3 unspecified atom stereocenters. The molecular formula is C22H24N2O10. The fourth-order valence-corrected chi connectivity index (χ4v) is 6.00. The lowest BCUT2D eigenvalue weighted by Gasteiger charge is -2.57. The Bertz CT molecular complexity index is 1150. The van der Waals surface area contributed by atoms with Crippen molar-refractivity contribution in [1.82, 2.24) is 4.90 Å². The van der Waals surface area contributed by atoms with Crippen molar-refractivity contribution >= 4 is 29.0 Å². The van der Waals surface area contributed by atoms with Crippen LogP contribution >= 0.6 is 0 Å². The van der Waals surface area contributed by atoms with Crippen LogP contribution in [0.2, 0.25) is 0 Å². The Hall–Kier alpha value is -3.03. The molecule has 0 aliphatic heterocycles. The molecule has 0 radical (unpaired) electrons. The van der Waals surface area contributed by atoms with Gasteiger partial charge in [-0.15, -0.1) is 0 Å². The Morgan fingerprint density at radius 1 is 1.09 bits per heavy atom. The Morgan fingerprint density at radius 2 is 1.71 bits per heavy atom. The second-order valence-electron chi connectivity index (χ2n) is 9.31. The minimum atomic E-state index is -3.18. The van der Waals surface area contributed by atoms with Crippen molar-refractivity contribution in [1.29, 1.82) is 0 Å². The number of primary amides is 1. The van der Waals surface area contributed by atoms with E-state index in [9.17, 15) is 49.5 Å². The van der Waals surface area contributed by atoms with E-state index < -0.39 is 94.0 Å². The maximum atomic E-state index is 13.7. The highest BCUT2D eigenvalue weighted by molar-refractivity contribution is 6.32. The number of nitrogens with two attached hydrogens (primary N) is 1. The number of carbonyl (C=O) groups excluding carboxylic acids is 5. The van der Waals surface area contributed by atoms with E-state index in [1.54, 1.807) is 0 Å². The van der Waals surface area contributed by atoms with Gasteiger partial charge in [0, 0.05) is 11.5 Å². The molecule has 1 aromatic rings. The summed E-state index contributed by atoms with van der Waals surface area (Å²) in [6, 6.07) is 2.03. The molecule has 12 heteroatoms. The van der Waals surface area contributed by atoms with E-state index in [4.69, 9.17) is 5.73 Å². The number of ketones is 4. The normalized spacial score (nSPS) is 39.5. The van der Waals surface area contributed by atoms with E-state index >= 15 is 0 Å². The third kappa shape index (κ3) is 2.68. The highest BCUT2D eigenvalue weighted by atomic mass is 16.3. The topological polar surface area (TPSA) is 216 Å². The van der Waals surface area contributed by atoms with Gasteiger partial charge in [-0.05, 0) is 20.2 Å². The zero-order valence-corrected chi connectivity index (χ0v) is 18.2. The number of benzene rings is 1. The van der Waals surface area contributed by atoms with Gasteiger partial charge in [-0.2, -0.15) is 0 Å². The molecule has 8 atom stereocenters. The molecule has 0 heterocycles. The summed E-state index contributed by atoms with van der Waals surface area (Å²) in [7, 11) is 2.69. The zero-order chi connectivity index (χ0) is 25.5. The molecule has 2 saturated carbocycles. The SMILES string of the molecule is CN(C)[C@@H]1C(=O)C(C(N)=O)C(=O)[C@@]2(O)C(=O)C3C(=O)c4c(O)cccc4C(O)(CO)[C@H]3[C@H](O)[C@@H]12. The number of hydrogen-bond acceptors (Lipinski definition) is 11. The second kappa shape index (κ2) is 7.48. The van der Waals surface area contributed by atoms with Crippen LogP contribution in [0.1, 0.15) is 15.9 Å². The average Bonchev–Trinajstić information content (AvgIpc) is 2.76. The zero-order valence-electron chi connectivity index (χ0n) is 18.2. The Kier molecular flexibility index (Phi) is 5.31. The first-order valence-corrected chi connectivity index (χ1v) is 10.4. The lowest BCUT2D eigenvalue weighted by Crippen LogP contribution is -2.79. The first-order chi connectivity index (χ1) is 15.8. The van der Waals surface area contributed by atoms with Gasteiger partial charge in [-0.1, -0.05) is 12.1 Å². The number of aromatic hydroxyl groups is 1. The smallest absolute Gasteiger partial charge is 0.235 e. The number of hydrogen-bond donors (Lipinski definition) is 6. The molecule has 0 saturated heterocycles. The molecule has 3 aliphatic carbocycles. The second-order valence-corrected chi connectivity index (χ2v) is 9.31. The molecule has 4 rings (SSSR count). The van der Waals surface area contributed by atoms with Gasteiger partial charge in [-0.3, -0.25) is 28.9 Å². The number of aliphatic hydroxyl groups excluding tert-OH is 2. The summed E-state index contributed by atoms with van der Waals surface area (Å²) in [6.07, 6.45) is -2.06. The van der Waals surface area contributed by atoms with Crippen molar-refractivity contribution in [2.24, 2.45) is 29.4 Å². The number of nitrogens with zero attached hydrogens (tertiary/aromatic N) is 1. The fraction of sp³-hybridized carbons (Fsp3) is 0.500. The monoisotopic (exact) mass is 476 g/mol. The molecule has 0 aromatic heterocycles. The third-order valence-electron chi connectivity index (χ3n) is 7.46. The van der Waals surface area contributed by atoms with Crippen LogP contribution in [0.5, 0.6) is 5.75 Å². The predicted molar refractivity (Wildman–Crippen MR) is 110 cm³/mol. The van der Waals surface area contributed by atoms with Gasteiger partial charge >= 0.3 is 0 Å². The molecule has 3 aliphatic rings. The maximum absolute atomic E-state index is 13.7. The number of amides is 1. The standard InChI is InChI=1S/C22H24N2O10/c1-24(2)14-13-17(29)12-10(18(30)22(13,34)19(31)11(16(14)28)20(23)32)15(27)9-7(21(12,33)6-25)4-3-5-8(9)26/h3-5,10-14,17,25-26,29,33-34H,6H2,1-2H3,(H2,23,32)/t10?,11?,12-,13-,14+,17+,21?,22+/m1/s1. The average molecular weight is 476 g/mol. The first kappa shape index (κ1) is 24.1. The predicted octanol–water partition coefficient (Wildman–Crippen LogP) is -3.52. The van der Waals surface area contributed by atoms with Crippen molar-refractivity contribution in [3.63, 3.8) is 0 Å². The van der Waals surface area contributed by atoms with Gasteiger partial charge < -0.3 is 31.3 Å². The van der Waals surface area contributed by atoms with Gasteiger partial charge in [0.05, 0.1) is 36.2 Å². The number of likely N-dealkylation sites (N-methyl/N-ethyl adjacent to an activating group) is 1. The van der Waals surface area contributed by atoms with E-state index in [0.29, 0.717) is 0 Å². The van der Waals surface area contributed by atoms with Gasteiger partial charge in [0.1, 0.15) is 11.4 Å². The van der Waals surface area contributed by atoms with E-state index in [1.165, 1.54) is 31.1 Å². The summed E-state index contributed by atoms with van der Waals surface area (Å²) in [6.45, 7) is -1.11. The summed E-state index contributed by atoms with van der Waals surface area (Å²) in [5, 5.41) is 54.7. The van der Waals surface area contributed by atoms with Crippen LogP contribution in [-0.4, -0.2) is 97.9 Å². The van der Waals surface area contributed by atoms with Crippen molar-refractivity contribution < 1.29 is 49.5 Å². The number of Topliss-reactive ketones (excluding diaryl/α,β-unsaturated/α-hetero) is 4. The Morgan fingerprint density at radius 3 is 2.24 bits per heavy atom. The molecule has 0 spiro atoms. The Balaban J connectivity index is 2.03. The largest absolute Gasteiger partial charge is 0.507 e. The lowest BCUT2D eigenvalue weighted by molar-refractivity contribution is -0.216. The van der Waals surface area contributed by atoms with Crippen LogP contribution in [-0.2, 0) is 24.8 Å². The van der Waals surface area contributed by atoms with Crippen LogP contribution in [0.25, 0.3) is 0 Å². The van der Waals surface area contributed by atoms with Gasteiger partial charge in [0.15, 0.2) is 34.7 Å². The number of carbonyl (C=O) groups is 5. The van der Waals surface area contributed by atoms with Gasteiger partial charge in [-0.25, -0.2) is 0 Å². The van der Waals surface area contributed by atoms with Crippen LogP contribution < -0.4 is 5.73 Å². The number of aliphatic hydroxyl groups is 4. The molecule has 1 aromatic carbocycles. The number of rotatable bonds is 3. The molecule has 12 nitrogen and oxygen atoms in total. The highest BCUT2D eigenvalue weighted by Crippen LogP contribution is 2.55. The van der Waals surface area contributed by atoms with Crippen molar-refractivity contribution in [3.05, 3.63) is 29.3 Å². The summed E-state index contributed by atoms with van der Waals surface area (Å²) >= 11 is 0. The van der Waals surface area contributed by atoms with Crippen LogP contribution in [0, 0.1) is 23.7 Å². The molecule has 7 N–H and O–H groups in total. The molecule has 182 valence electrons. The van der Waals surface area contributed by atoms with Crippen molar-refractivity contribution in [2.45, 2.75) is 23.3 Å². The third-order valence-corrected chi connectivity index (χ3v) is 7.46. The minimum Gasteiger partial charge on any atom is -0.507 e. The highest BCUT2D eigenvalue weighted by Gasteiger charge is 2.75. The van der Waals surface area contributed by atoms with Crippen LogP contribution in [0.15, 0.2) is 18.2 Å². The van der Waals surface area contributed by atoms with Crippen LogP contribution in [0.4, 0.5) is 0 Å². The van der Waals surface area contributed by atoms with E-state index in [0.717, 1.165) is 6.07 Å². The van der Waals surface area contributed by atoms with E-state index in [-0.39, 0.29) is 5.56 Å². The lowest BCUT2D eigenvalue weighted by atomic mass is 9.48. The van der Waals surface area contributed by atoms with E-state index in [2.05, 4.69) is 0 Å². The van der Waals surface area contributed by atoms with Crippen LogP contribution in [0.3, 0.4) is 0 Å². The summed E-state index contributed by atoms with van der Waals surface area (Å²) in [4.78, 5) is 66.4. The fourth-order valence-electron chi connectivity index (χ4n) is 6.00. The Labute approximate surface area is 192 Å². The number of phenolic OH excluding ortho intramolecular Hbond substituents is 1. The number of phenols is 1. The maximum Gasteiger partial charge on any atom is 0.235 e. The van der Waals surface area contributed by atoms with Crippen molar-refractivity contribution in [2.75, 3.05) is 20.7 Å². The molecule has 2 fully saturated rings. The minimum absolute atomic E-state index is 0.261. The molecule has 1 amide bonds. The summed E-state index contributed by atoms with van der Waals surface area (Å²) in [5.41, 5.74) is -1.20. The molecule has 0 bridgehead atoms. The first-order valence-electron chi connectivity index (χ1n) is 10.4.